The number of halogens is 3. The third-order valence-corrected chi connectivity index (χ3v) is 2.31. The average Bonchev–Trinajstić information content (AvgIpc) is 2.34. The van der Waals surface area contributed by atoms with E-state index in [-0.39, 0.29) is 12.4 Å². The summed E-state index contributed by atoms with van der Waals surface area (Å²) in [6, 6.07) is 6.69. The Morgan fingerprint density at radius 3 is 2.71 bits per heavy atom. The molecule has 0 fully saturated rings. The summed E-state index contributed by atoms with van der Waals surface area (Å²) in [5, 5.41) is 12.2. The van der Waals surface area contributed by atoms with Gasteiger partial charge < -0.3 is 15.2 Å². The van der Waals surface area contributed by atoms with Crippen molar-refractivity contribution in [2.24, 2.45) is 0 Å². The van der Waals surface area contributed by atoms with E-state index in [1.165, 1.54) is 0 Å². The van der Waals surface area contributed by atoms with Crippen LogP contribution in [0.25, 0.3) is 0 Å². The highest BCUT2D eigenvalue weighted by atomic mass is 35.5. The van der Waals surface area contributed by atoms with E-state index in [1.54, 1.807) is 24.3 Å². The molecule has 0 aromatic heterocycles. The molecule has 0 radical (unpaired) electrons. The first-order chi connectivity index (χ1) is 8.13. The van der Waals surface area contributed by atoms with Gasteiger partial charge in [0.1, 0.15) is 12.4 Å². The molecule has 96 valence electrons. The van der Waals surface area contributed by atoms with Gasteiger partial charge >= 0.3 is 0 Å². The highest BCUT2D eigenvalue weighted by molar-refractivity contribution is 6.18. The number of anilines is 1. The number of nitrogens with one attached hydrogen (secondary N) is 1. The van der Waals surface area contributed by atoms with Crippen LogP contribution in [-0.2, 0) is 0 Å². The monoisotopic (exact) mass is 265 g/mol. The number of rotatable bonds is 7. The molecule has 1 unspecified atom stereocenters. The van der Waals surface area contributed by atoms with E-state index >= 15 is 0 Å². The number of aliphatic hydroxyl groups excluding tert-OH is 1. The van der Waals surface area contributed by atoms with Gasteiger partial charge in [0.25, 0.3) is 6.43 Å². The zero-order valence-corrected chi connectivity index (χ0v) is 9.83. The molecule has 1 aromatic carbocycles. The van der Waals surface area contributed by atoms with E-state index in [0.717, 1.165) is 0 Å². The van der Waals surface area contributed by atoms with Gasteiger partial charge in [-0.05, 0) is 12.1 Å². The van der Waals surface area contributed by atoms with Crippen LogP contribution >= 0.6 is 11.6 Å². The van der Waals surface area contributed by atoms with Gasteiger partial charge in [0.05, 0.1) is 17.7 Å². The van der Waals surface area contributed by atoms with E-state index in [9.17, 15) is 13.9 Å². The van der Waals surface area contributed by atoms with Crippen LogP contribution in [0.1, 0.15) is 0 Å². The van der Waals surface area contributed by atoms with Gasteiger partial charge in [-0.25, -0.2) is 8.78 Å². The van der Waals surface area contributed by atoms with Crippen molar-refractivity contribution in [3.8, 4) is 5.75 Å². The molecule has 3 nitrogen and oxygen atoms in total. The Bertz CT molecular complexity index is 339. The minimum absolute atomic E-state index is 0.104. The Labute approximate surface area is 103 Å². The lowest BCUT2D eigenvalue weighted by atomic mass is 10.3. The predicted octanol–water partition coefficient (Wildman–Crippen LogP) is 2.34. The van der Waals surface area contributed by atoms with Gasteiger partial charge in [-0.3, -0.25) is 0 Å². The summed E-state index contributed by atoms with van der Waals surface area (Å²) < 4.78 is 29.0. The van der Waals surface area contributed by atoms with Crippen molar-refractivity contribution in [2.45, 2.75) is 12.5 Å². The molecule has 1 rings (SSSR count). The van der Waals surface area contributed by atoms with Crippen LogP contribution in [0.2, 0.25) is 0 Å². The summed E-state index contributed by atoms with van der Waals surface area (Å²) in [7, 11) is 0. The zero-order valence-electron chi connectivity index (χ0n) is 9.07. The number of ether oxygens (including phenoxy) is 1. The smallest absolute Gasteiger partial charge is 0.272 e. The van der Waals surface area contributed by atoms with Crippen molar-refractivity contribution < 1.29 is 18.6 Å². The Hall–Kier alpha value is -1.07. The topological polar surface area (TPSA) is 41.5 Å². The van der Waals surface area contributed by atoms with Gasteiger partial charge in [-0.2, -0.15) is 0 Å². The van der Waals surface area contributed by atoms with Crippen LogP contribution in [0.4, 0.5) is 14.5 Å². The largest absolute Gasteiger partial charge is 0.485 e. The lowest BCUT2D eigenvalue weighted by molar-refractivity contribution is 0.0822. The van der Waals surface area contributed by atoms with Crippen LogP contribution in [-0.4, -0.2) is 36.7 Å². The first-order valence-corrected chi connectivity index (χ1v) is 5.64. The number of alkyl halides is 3. The van der Waals surface area contributed by atoms with Crippen molar-refractivity contribution >= 4 is 17.3 Å². The summed E-state index contributed by atoms with van der Waals surface area (Å²) >= 11 is 5.44. The first-order valence-electron chi connectivity index (χ1n) is 5.11. The standard InChI is InChI=1S/C11H14ClF2NO2/c12-5-8(16)6-15-9-3-1-2-4-10(9)17-7-11(13)14/h1-4,8,11,15-16H,5-7H2. The molecule has 1 atom stereocenters. The summed E-state index contributed by atoms with van der Waals surface area (Å²) in [6.45, 7) is -0.421. The Kier molecular flexibility index (Phi) is 6.00. The molecule has 2 N–H and O–H groups in total. The molecule has 0 saturated heterocycles. The molecule has 0 aliphatic rings. The van der Waals surface area contributed by atoms with Crippen molar-refractivity contribution in [2.75, 3.05) is 24.3 Å². The third kappa shape index (κ3) is 5.19. The number of aliphatic hydroxyl groups is 1. The highest BCUT2D eigenvalue weighted by Crippen LogP contribution is 2.24. The SMILES string of the molecule is OC(CCl)CNc1ccccc1OCC(F)F. The second kappa shape index (κ2) is 7.29. The van der Waals surface area contributed by atoms with E-state index in [2.05, 4.69) is 5.32 Å². The molecule has 0 amide bonds. The molecule has 6 heteroatoms. The van der Waals surface area contributed by atoms with E-state index < -0.39 is 19.1 Å². The quantitative estimate of drug-likeness (QED) is 0.744. The van der Waals surface area contributed by atoms with Crippen molar-refractivity contribution in [3.05, 3.63) is 24.3 Å². The maximum absolute atomic E-state index is 12.0. The van der Waals surface area contributed by atoms with E-state index in [1.807, 2.05) is 0 Å². The maximum atomic E-state index is 12.0. The third-order valence-electron chi connectivity index (χ3n) is 1.96. The fraction of sp³-hybridized carbons (Fsp3) is 0.455. The lowest BCUT2D eigenvalue weighted by Gasteiger charge is -2.14. The van der Waals surface area contributed by atoms with Gasteiger partial charge in [0.2, 0.25) is 0 Å². The molecule has 17 heavy (non-hydrogen) atoms. The summed E-state index contributed by atoms with van der Waals surface area (Å²) in [5.41, 5.74) is 0.553. The second-order valence-electron chi connectivity index (χ2n) is 3.39. The molecule has 0 aliphatic carbocycles. The molecule has 1 aromatic rings. The van der Waals surface area contributed by atoms with Gasteiger partial charge in [0, 0.05) is 6.54 Å². The van der Waals surface area contributed by atoms with E-state index in [0.29, 0.717) is 11.4 Å². The highest BCUT2D eigenvalue weighted by Gasteiger charge is 2.08. The van der Waals surface area contributed by atoms with Crippen molar-refractivity contribution in [1.82, 2.24) is 0 Å². The maximum Gasteiger partial charge on any atom is 0.272 e. The molecule has 0 heterocycles. The summed E-state index contributed by atoms with van der Waals surface area (Å²) in [4.78, 5) is 0. The summed E-state index contributed by atoms with van der Waals surface area (Å²) in [6.07, 6.45) is -3.21. The zero-order chi connectivity index (χ0) is 12.7. The number of hydrogen-bond donors (Lipinski definition) is 2. The van der Waals surface area contributed by atoms with Crippen LogP contribution < -0.4 is 10.1 Å². The van der Waals surface area contributed by atoms with Gasteiger partial charge in [-0.1, -0.05) is 12.1 Å². The molecule has 0 saturated carbocycles. The van der Waals surface area contributed by atoms with Crippen molar-refractivity contribution in [1.29, 1.82) is 0 Å². The van der Waals surface area contributed by atoms with Crippen LogP contribution in [0.5, 0.6) is 5.75 Å². The van der Waals surface area contributed by atoms with Crippen LogP contribution in [0, 0.1) is 0 Å². The predicted molar refractivity (Wildman–Crippen MR) is 63.2 cm³/mol. The van der Waals surface area contributed by atoms with Crippen molar-refractivity contribution in [3.63, 3.8) is 0 Å². The second-order valence-corrected chi connectivity index (χ2v) is 3.70. The fourth-order valence-electron chi connectivity index (χ4n) is 1.17. The average molecular weight is 266 g/mol. The van der Waals surface area contributed by atoms with Crippen LogP contribution in [0.3, 0.4) is 0 Å². The number of hydrogen-bond acceptors (Lipinski definition) is 3. The molecule has 0 aliphatic heterocycles. The minimum Gasteiger partial charge on any atom is -0.485 e. The Morgan fingerprint density at radius 2 is 2.06 bits per heavy atom. The van der Waals surface area contributed by atoms with E-state index in [4.69, 9.17) is 16.3 Å². The first kappa shape index (κ1) is 14.0. The molecular formula is C11H14ClF2NO2. The lowest BCUT2D eigenvalue weighted by Crippen LogP contribution is -2.21. The number of benzene rings is 1. The van der Waals surface area contributed by atoms with Gasteiger partial charge in [0.15, 0.2) is 0 Å². The summed E-state index contributed by atoms with van der Waals surface area (Å²) in [5.74, 6) is 0.433. The Morgan fingerprint density at radius 1 is 1.35 bits per heavy atom. The van der Waals surface area contributed by atoms with Crippen LogP contribution in [0.15, 0.2) is 24.3 Å². The minimum atomic E-state index is -2.52. The Balaban J connectivity index is 2.57. The number of para-hydroxylation sites is 2. The molecule has 0 bridgehead atoms. The fourth-order valence-corrected chi connectivity index (χ4v) is 1.28. The molecule has 0 spiro atoms. The van der Waals surface area contributed by atoms with Gasteiger partial charge in [-0.15, -0.1) is 11.6 Å². The normalized spacial score (nSPS) is 12.5. The molecular weight excluding hydrogens is 252 g/mol.